The summed E-state index contributed by atoms with van der Waals surface area (Å²) in [6.45, 7) is 4.81. The molecule has 0 radical (unpaired) electrons. The van der Waals surface area contributed by atoms with Gasteiger partial charge in [0.1, 0.15) is 0 Å². The smallest absolute Gasteiger partial charge is 0.305 e. The van der Waals surface area contributed by atoms with Crippen molar-refractivity contribution >= 4 is 11.9 Å². The van der Waals surface area contributed by atoms with Gasteiger partial charge < -0.3 is 20.3 Å². The predicted octanol–water partition coefficient (Wildman–Crippen LogP) is 14.5. The van der Waals surface area contributed by atoms with E-state index < -0.39 is 12.1 Å². The molecule has 0 aliphatic heterocycles. The van der Waals surface area contributed by atoms with Crippen molar-refractivity contribution in [3.63, 3.8) is 0 Å². The maximum Gasteiger partial charge on any atom is 0.305 e. The number of esters is 1. The van der Waals surface area contributed by atoms with Gasteiger partial charge in [-0.2, -0.15) is 0 Å². The quantitative estimate of drug-likeness (QED) is 0.0324. The van der Waals surface area contributed by atoms with E-state index in [2.05, 4.69) is 43.5 Å². The third-order valence-corrected chi connectivity index (χ3v) is 11.1. The number of carbonyl (C=O) groups excluding carboxylic acids is 2. The van der Waals surface area contributed by atoms with Gasteiger partial charge in [0.2, 0.25) is 5.91 Å². The summed E-state index contributed by atoms with van der Waals surface area (Å²) in [4.78, 5) is 24.3. The molecular weight excluding hydrogens is 707 g/mol. The van der Waals surface area contributed by atoms with Crippen molar-refractivity contribution in [3.05, 3.63) is 36.5 Å². The van der Waals surface area contributed by atoms with Crippen molar-refractivity contribution in [2.24, 2.45) is 0 Å². The Kier molecular flexibility index (Phi) is 45.2. The molecule has 1 amide bonds. The zero-order valence-electron chi connectivity index (χ0n) is 37.8. The molecule has 0 aromatic rings. The first-order chi connectivity index (χ1) is 28.0. The van der Waals surface area contributed by atoms with Crippen LogP contribution in [0, 0.1) is 0 Å². The van der Waals surface area contributed by atoms with Gasteiger partial charge in [-0.25, -0.2) is 0 Å². The minimum atomic E-state index is -0.847. The maximum atomic E-state index is 12.3. The highest BCUT2D eigenvalue weighted by Crippen LogP contribution is 2.14. The Morgan fingerprint density at radius 3 is 1.30 bits per heavy atom. The van der Waals surface area contributed by atoms with Crippen LogP contribution >= 0.6 is 0 Å². The highest BCUT2D eigenvalue weighted by molar-refractivity contribution is 5.76. The van der Waals surface area contributed by atoms with Crippen molar-refractivity contribution in [1.82, 2.24) is 5.32 Å². The van der Waals surface area contributed by atoms with Crippen molar-refractivity contribution in [1.29, 1.82) is 0 Å². The third-order valence-electron chi connectivity index (χ3n) is 11.1. The molecule has 3 N–H and O–H groups in total. The SMILES string of the molecule is CCCC/C=C\CCCCCCCC(=O)OCCCCCCCCCCC/C=C\CCCCCCCCCC(=O)NC(CO)C(O)/C=C/CCCCCCCCC. The van der Waals surface area contributed by atoms with Gasteiger partial charge >= 0.3 is 5.97 Å². The van der Waals surface area contributed by atoms with E-state index in [1.165, 1.54) is 173 Å². The van der Waals surface area contributed by atoms with Gasteiger partial charge in [-0.05, 0) is 77.0 Å². The normalized spacial score (nSPS) is 13.0. The number of unbranched alkanes of at least 4 members (excludes halogenated alkanes) is 30. The van der Waals surface area contributed by atoms with Crippen LogP contribution in [0.3, 0.4) is 0 Å². The van der Waals surface area contributed by atoms with Gasteiger partial charge in [0.15, 0.2) is 0 Å². The zero-order valence-corrected chi connectivity index (χ0v) is 37.8. The highest BCUT2D eigenvalue weighted by atomic mass is 16.5. The molecule has 334 valence electrons. The fourth-order valence-electron chi connectivity index (χ4n) is 7.25. The van der Waals surface area contributed by atoms with Crippen LogP contribution in [0.1, 0.15) is 251 Å². The van der Waals surface area contributed by atoms with Crippen LogP contribution in [0.4, 0.5) is 0 Å². The number of hydrogen-bond donors (Lipinski definition) is 3. The first-order valence-corrected chi connectivity index (χ1v) is 24.8. The molecule has 0 spiro atoms. The topological polar surface area (TPSA) is 95.9 Å². The Bertz CT molecular complexity index is 931. The van der Waals surface area contributed by atoms with Crippen LogP contribution in [0.25, 0.3) is 0 Å². The van der Waals surface area contributed by atoms with Crippen LogP contribution in [-0.2, 0) is 14.3 Å². The van der Waals surface area contributed by atoms with Crippen LogP contribution in [0.15, 0.2) is 36.5 Å². The average Bonchev–Trinajstić information content (AvgIpc) is 3.21. The Morgan fingerprint density at radius 1 is 0.474 bits per heavy atom. The van der Waals surface area contributed by atoms with E-state index >= 15 is 0 Å². The monoisotopic (exact) mass is 802 g/mol. The van der Waals surface area contributed by atoms with Crippen molar-refractivity contribution in [2.75, 3.05) is 13.2 Å². The van der Waals surface area contributed by atoms with Gasteiger partial charge in [0.25, 0.3) is 0 Å². The number of aliphatic hydroxyl groups excluding tert-OH is 2. The van der Waals surface area contributed by atoms with E-state index in [9.17, 15) is 19.8 Å². The Labute approximate surface area is 353 Å². The summed E-state index contributed by atoms with van der Waals surface area (Å²) in [7, 11) is 0. The number of amides is 1. The lowest BCUT2D eigenvalue weighted by Gasteiger charge is -2.20. The Hall–Kier alpha value is -1.92. The van der Waals surface area contributed by atoms with E-state index in [0.29, 0.717) is 19.4 Å². The molecule has 0 aromatic heterocycles. The fourth-order valence-corrected chi connectivity index (χ4v) is 7.25. The standard InChI is InChI=1S/C51H95NO5/c1-3-5-7-9-11-13-24-29-33-37-41-45-51(56)57-46-42-38-34-30-26-23-21-19-17-15-14-16-18-20-22-25-28-32-36-40-44-50(55)52-48(47-53)49(54)43-39-35-31-27-12-10-8-6-4-2/h9,11,14,16,39,43,48-49,53-54H,3-8,10,12-13,15,17-38,40-42,44-47H2,1-2H3,(H,52,55)/b11-9-,16-14-,43-39+. The van der Waals surface area contributed by atoms with Crippen molar-refractivity contribution in [3.8, 4) is 0 Å². The first kappa shape index (κ1) is 55.1. The summed E-state index contributed by atoms with van der Waals surface area (Å²) in [5, 5.41) is 22.9. The summed E-state index contributed by atoms with van der Waals surface area (Å²) >= 11 is 0. The van der Waals surface area contributed by atoms with Gasteiger partial charge in [-0.15, -0.1) is 0 Å². The number of rotatable bonds is 45. The average molecular weight is 802 g/mol. The molecule has 0 fully saturated rings. The minimum absolute atomic E-state index is 0.00666. The van der Waals surface area contributed by atoms with Gasteiger partial charge in [-0.1, -0.05) is 198 Å². The van der Waals surface area contributed by atoms with Gasteiger partial charge in [0, 0.05) is 12.8 Å². The van der Waals surface area contributed by atoms with Crippen LogP contribution < -0.4 is 5.32 Å². The first-order valence-electron chi connectivity index (χ1n) is 24.8. The second-order valence-electron chi connectivity index (χ2n) is 16.8. The van der Waals surface area contributed by atoms with E-state index in [4.69, 9.17) is 4.74 Å². The Balaban J connectivity index is 3.45. The Morgan fingerprint density at radius 2 is 0.842 bits per heavy atom. The maximum absolute atomic E-state index is 12.3. The summed E-state index contributed by atoms with van der Waals surface area (Å²) in [6.07, 6.45) is 55.8. The number of allylic oxidation sites excluding steroid dienone is 5. The number of ether oxygens (including phenoxy) is 1. The molecule has 0 bridgehead atoms. The zero-order chi connectivity index (χ0) is 41.5. The van der Waals surface area contributed by atoms with Gasteiger partial charge in [0.05, 0.1) is 25.4 Å². The fraction of sp³-hybridized carbons (Fsp3) is 0.843. The van der Waals surface area contributed by atoms with E-state index in [0.717, 1.165) is 51.4 Å². The van der Waals surface area contributed by atoms with E-state index in [1.807, 2.05) is 6.08 Å². The largest absolute Gasteiger partial charge is 0.466 e. The molecule has 2 atom stereocenters. The molecule has 0 saturated carbocycles. The number of hydrogen-bond acceptors (Lipinski definition) is 5. The van der Waals surface area contributed by atoms with E-state index in [1.54, 1.807) is 6.08 Å². The summed E-state index contributed by atoms with van der Waals surface area (Å²) in [5.41, 5.74) is 0. The molecule has 0 aromatic carbocycles. The second kappa shape index (κ2) is 46.8. The second-order valence-corrected chi connectivity index (χ2v) is 16.8. The van der Waals surface area contributed by atoms with Crippen LogP contribution in [0.2, 0.25) is 0 Å². The molecule has 6 heteroatoms. The molecule has 0 aliphatic rings. The lowest BCUT2D eigenvalue weighted by Crippen LogP contribution is -2.45. The summed E-state index contributed by atoms with van der Waals surface area (Å²) < 4.78 is 5.44. The van der Waals surface area contributed by atoms with E-state index in [-0.39, 0.29) is 18.5 Å². The number of aliphatic hydroxyl groups is 2. The third kappa shape index (κ3) is 43.5. The molecule has 57 heavy (non-hydrogen) atoms. The minimum Gasteiger partial charge on any atom is -0.466 e. The highest BCUT2D eigenvalue weighted by Gasteiger charge is 2.18. The van der Waals surface area contributed by atoms with Gasteiger partial charge in [-0.3, -0.25) is 9.59 Å². The molecule has 2 unspecified atom stereocenters. The molecule has 0 heterocycles. The van der Waals surface area contributed by atoms with Crippen LogP contribution in [0.5, 0.6) is 0 Å². The predicted molar refractivity (Wildman–Crippen MR) is 246 cm³/mol. The molecule has 0 rings (SSSR count). The summed E-state index contributed by atoms with van der Waals surface area (Å²) in [5.74, 6) is -0.0873. The molecule has 0 aliphatic carbocycles. The lowest BCUT2D eigenvalue weighted by molar-refractivity contribution is -0.143. The molecule has 0 saturated heterocycles. The van der Waals surface area contributed by atoms with Crippen molar-refractivity contribution in [2.45, 2.75) is 264 Å². The number of nitrogens with one attached hydrogen (secondary N) is 1. The molecule has 6 nitrogen and oxygen atoms in total. The van der Waals surface area contributed by atoms with Crippen LogP contribution in [-0.4, -0.2) is 47.4 Å². The van der Waals surface area contributed by atoms with Crippen molar-refractivity contribution < 1.29 is 24.5 Å². The number of carbonyl (C=O) groups is 2. The molecular formula is C51H95NO5. The lowest BCUT2D eigenvalue weighted by atomic mass is 10.1. The summed E-state index contributed by atoms with van der Waals surface area (Å²) in [6, 6.07) is -0.632.